The molecule has 2 aromatic rings. The number of hydrogen-bond donors (Lipinski definition) is 0. The normalized spacial score (nSPS) is 10.8. The summed E-state index contributed by atoms with van der Waals surface area (Å²) in [4.78, 5) is 11.1. The molecule has 0 fully saturated rings. The number of methoxy groups -OCH3 is 1. The maximum absolute atomic E-state index is 11.1. The number of carbonyl (C=O) groups is 1. The van der Waals surface area contributed by atoms with Gasteiger partial charge in [0.25, 0.3) is 0 Å². The molecule has 0 aliphatic rings. The van der Waals surface area contributed by atoms with E-state index in [4.69, 9.17) is 0 Å². The lowest BCUT2D eigenvalue weighted by Crippen LogP contribution is -2.05. The molecule has 0 atom stereocenters. The molecule has 3 nitrogen and oxygen atoms in total. The predicted octanol–water partition coefficient (Wildman–Crippen LogP) is 3.67. The Morgan fingerprint density at radius 3 is 2.83 bits per heavy atom. The van der Waals surface area contributed by atoms with E-state index >= 15 is 0 Å². The van der Waals surface area contributed by atoms with Crippen LogP contribution in [0.1, 0.15) is 18.5 Å². The van der Waals surface area contributed by atoms with E-state index in [2.05, 4.69) is 44.3 Å². The molecule has 0 radical (unpaired) electrons. The number of halogens is 1. The first-order valence-corrected chi connectivity index (χ1v) is 6.74. The SMILES string of the molecule is COC(=O)CCCn1c(C)c(Br)c2ccccc21. The van der Waals surface area contributed by atoms with E-state index in [0.29, 0.717) is 6.42 Å². The minimum absolute atomic E-state index is 0.150. The summed E-state index contributed by atoms with van der Waals surface area (Å²) in [7, 11) is 1.43. The molecule has 1 aromatic carbocycles. The Labute approximate surface area is 115 Å². The number of rotatable bonds is 4. The fourth-order valence-electron chi connectivity index (χ4n) is 2.16. The zero-order valence-electron chi connectivity index (χ0n) is 10.6. The maximum atomic E-state index is 11.1. The second-order valence-electron chi connectivity index (χ2n) is 4.25. The van der Waals surface area contributed by atoms with Crippen molar-refractivity contribution in [3.8, 4) is 0 Å². The highest BCUT2D eigenvalue weighted by Crippen LogP contribution is 2.30. The first-order chi connectivity index (χ1) is 8.65. The van der Waals surface area contributed by atoms with Gasteiger partial charge in [-0.05, 0) is 35.3 Å². The molecule has 1 heterocycles. The predicted molar refractivity (Wildman–Crippen MR) is 75.6 cm³/mol. The monoisotopic (exact) mass is 309 g/mol. The fourth-order valence-corrected chi connectivity index (χ4v) is 2.71. The van der Waals surface area contributed by atoms with Gasteiger partial charge < -0.3 is 9.30 Å². The maximum Gasteiger partial charge on any atom is 0.305 e. The molecule has 0 spiro atoms. The van der Waals surface area contributed by atoms with Gasteiger partial charge in [0.05, 0.1) is 7.11 Å². The number of esters is 1. The van der Waals surface area contributed by atoms with E-state index < -0.39 is 0 Å². The Morgan fingerprint density at radius 2 is 2.11 bits per heavy atom. The number of carbonyl (C=O) groups excluding carboxylic acids is 1. The number of aryl methyl sites for hydroxylation is 1. The van der Waals surface area contributed by atoms with Crippen LogP contribution in [0.4, 0.5) is 0 Å². The van der Waals surface area contributed by atoms with Crippen molar-refractivity contribution in [2.24, 2.45) is 0 Å². The molecular formula is C14H16BrNO2. The van der Waals surface area contributed by atoms with Gasteiger partial charge in [-0.25, -0.2) is 0 Å². The third-order valence-corrected chi connectivity index (χ3v) is 4.15. The Hall–Kier alpha value is -1.29. The van der Waals surface area contributed by atoms with E-state index in [1.54, 1.807) is 0 Å². The minimum atomic E-state index is -0.150. The number of aromatic nitrogens is 1. The van der Waals surface area contributed by atoms with E-state index in [9.17, 15) is 4.79 Å². The number of fused-ring (bicyclic) bond motifs is 1. The van der Waals surface area contributed by atoms with Crippen LogP contribution in [0.15, 0.2) is 28.7 Å². The van der Waals surface area contributed by atoms with E-state index in [-0.39, 0.29) is 5.97 Å². The van der Waals surface area contributed by atoms with Crippen molar-refractivity contribution >= 4 is 32.8 Å². The van der Waals surface area contributed by atoms with Crippen molar-refractivity contribution in [3.05, 3.63) is 34.4 Å². The molecule has 96 valence electrons. The summed E-state index contributed by atoms with van der Waals surface area (Å²) in [5, 5.41) is 1.22. The van der Waals surface area contributed by atoms with Crippen LogP contribution in [0.25, 0.3) is 10.9 Å². The Kier molecular flexibility index (Phi) is 4.07. The summed E-state index contributed by atoms with van der Waals surface area (Å²) in [5.74, 6) is -0.150. The van der Waals surface area contributed by atoms with Crippen LogP contribution < -0.4 is 0 Å². The summed E-state index contributed by atoms with van der Waals surface area (Å²) < 4.78 is 8.03. The largest absolute Gasteiger partial charge is 0.469 e. The van der Waals surface area contributed by atoms with Gasteiger partial charge in [-0.3, -0.25) is 4.79 Å². The van der Waals surface area contributed by atoms with Crippen LogP contribution in [0.5, 0.6) is 0 Å². The number of ether oxygens (including phenoxy) is 1. The van der Waals surface area contributed by atoms with Gasteiger partial charge in [0, 0.05) is 34.0 Å². The Balaban J connectivity index is 2.22. The zero-order valence-corrected chi connectivity index (χ0v) is 12.2. The summed E-state index contributed by atoms with van der Waals surface area (Å²) in [5.41, 5.74) is 2.40. The minimum Gasteiger partial charge on any atom is -0.469 e. The highest BCUT2D eigenvalue weighted by atomic mass is 79.9. The average Bonchev–Trinajstić information content (AvgIpc) is 2.64. The van der Waals surface area contributed by atoms with Crippen LogP contribution in [0.2, 0.25) is 0 Å². The van der Waals surface area contributed by atoms with Gasteiger partial charge in [0.15, 0.2) is 0 Å². The first kappa shape index (κ1) is 13.1. The quantitative estimate of drug-likeness (QED) is 0.807. The second kappa shape index (κ2) is 5.57. The fraction of sp³-hybridized carbons (Fsp3) is 0.357. The smallest absolute Gasteiger partial charge is 0.305 e. The number of benzene rings is 1. The van der Waals surface area contributed by atoms with Crippen LogP contribution in [-0.2, 0) is 16.1 Å². The number of para-hydroxylation sites is 1. The van der Waals surface area contributed by atoms with Crippen molar-refractivity contribution in [2.75, 3.05) is 7.11 Å². The van der Waals surface area contributed by atoms with E-state index in [0.717, 1.165) is 17.4 Å². The topological polar surface area (TPSA) is 31.2 Å². The third-order valence-electron chi connectivity index (χ3n) is 3.14. The summed E-state index contributed by atoms with van der Waals surface area (Å²) in [6.45, 7) is 2.91. The van der Waals surface area contributed by atoms with Crippen molar-refractivity contribution in [2.45, 2.75) is 26.3 Å². The molecular weight excluding hydrogens is 294 g/mol. The molecule has 2 rings (SSSR count). The average molecular weight is 310 g/mol. The molecule has 0 N–H and O–H groups in total. The summed E-state index contributed by atoms with van der Waals surface area (Å²) in [6.07, 6.45) is 1.25. The second-order valence-corrected chi connectivity index (χ2v) is 5.04. The number of nitrogens with zero attached hydrogens (tertiary/aromatic N) is 1. The molecule has 0 aliphatic carbocycles. The lowest BCUT2D eigenvalue weighted by molar-refractivity contribution is -0.140. The summed E-state index contributed by atoms with van der Waals surface area (Å²) >= 11 is 3.62. The van der Waals surface area contributed by atoms with Gasteiger partial charge >= 0.3 is 5.97 Å². The van der Waals surface area contributed by atoms with Gasteiger partial charge in [-0.1, -0.05) is 18.2 Å². The standard InChI is InChI=1S/C14H16BrNO2/c1-10-14(15)11-6-3-4-7-12(11)16(10)9-5-8-13(17)18-2/h3-4,6-7H,5,8-9H2,1-2H3. The molecule has 0 saturated heterocycles. The van der Waals surface area contributed by atoms with Crippen LogP contribution in [0.3, 0.4) is 0 Å². The van der Waals surface area contributed by atoms with Crippen LogP contribution in [-0.4, -0.2) is 17.6 Å². The molecule has 0 amide bonds. The summed E-state index contributed by atoms with van der Waals surface area (Å²) in [6, 6.07) is 8.27. The van der Waals surface area contributed by atoms with Gasteiger partial charge in [-0.2, -0.15) is 0 Å². The lowest BCUT2D eigenvalue weighted by atomic mass is 10.2. The van der Waals surface area contributed by atoms with Crippen molar-refractivity contribution < 1.29 is 9.53 Å². The third kappa shape index (κ3) is 2.43. The van der Waals surface area contributed by atoms with Gasteiger partial charge in [0.2, 0.25) is 0 Å². The zero-order chi connectivity index (χ0) is 13.1. The van der Waals surface area contributed by atoms with E-state index in [1.165, 1.54) is 23.7 Å². The van der Waals surface area contributed by atoms with Crippen LogP contribution in [0, 0.1) is 6.92 Å². The Morgan fingerprint density at radius 1 is 1.39 bits per heavy atom. The lowest BCUT2D eigenvalue weighted by Gasteiger charge is -2.07. The highest BCUT2D eigenvalue weighted by Gasteiger charge is 2.11. The van der Waals surface area contributed by atoms with Gasteiger partial charge in [-0.15, -0.1) is 0 Å². The first-order valence-electron chi connectivity index (χ1n) is 5.95. The van der Waals surface area contributed by atoms with Gasteiger partial charge in [0.1, 0.15) is 0 Å². The van der Waals surface area contributed by atoms with Crippen molar-refractivity contribution in [1.29, 1.82) is 0 Å². The molecule has 0 saturated carbocycles. The molecule has 0 aliphatic heterocycles. The molecule has 0 unspecified atom stereocenters. The van der Waals surface area contributed by atoms with Crippen molar-refractivity contribution in [3.63, 3.8) is 0 Å². The molecule has 18 heavy (non-hydrogen) atoms. The number of hydrogen-bond acceptors (Lipinski definition) is 2. The van der Waals surface area contributed by atoms with Crippen LogP contribution >= 0.6 is 15.9 Å². The van der Waals surface area contributed by atoms with Crippen molar-refractivity contribution in [1.82, 2.24) is 4.57 Å². The highest BCUT2D eigenvalue weighted by molar-refractivity contribution is 9.10. The molecule has 0 bridgehead atoms. The Bertz CT molecular complexity index is 574. The molecule has 4 heteroatoms. The molecule has 1 aromatic heterocycles. The van der Waals surface area contributed by atoms with E-state index in [1.807, 2.05) is 12.1 Å².